The fourth-order valence-corrected chi connectivity index (χ4v) is 4.13. The number of halogens is 1. The molecule has 0 fully saturated rings. The molecule has 2 heterocycles. The highest BCUT2D eigenvalue weighted by molar-refractivity contribution is 7.20. The Morgan fingerprint density at radius 3 is 2.52 bits per heavy atom. The van der Waals surface area contributed by atoms with Gasteiger partial charge in [-0.15, -0.1) is 11.3 Å². The Morgan fingerprint density at radius 1 is 1.14 bits per heavy atom. The predicted octanol–water partition coefficient (Wildman–Crippen LogP) is 3.02. The molecule has 0 radical (unpaired) electrons. The summed E-state index contributed by atoms with van der Waals surface area (Å²) in [5, 5.41) is 2.95. The van der Waals surface area contributed by atoms with E-state index in [9.17, 15) is 18.8 Å². The number of H-pyrrole nitrogens is 1. The van der Waals surface area contributed by atoms with Crippen LogP contribution in [0.3, 0.4) is 0 Å². The van der Waals surface area contributed by atoms with Gasteiger partial charge < -0.3 is 11.1 Å². The van der Waals surface area contributed by atoms with Crippen molar-refractivity contribution in [3.05, 3.63) is 85.6 Å². The van der Waals surface area contributed by atoms with Crippen molar-refractivity contribution >= 4 is 38.8 Å². The van der Waals surface area contributed by atoms with Gasteiger partial charge in [0, 0.05) is 0 Å². The van der Waals surface area contributed by atoms with E-state index in [1.165, 1.54) is 12.1 Å². The largest absolute Gasteiger partial charge is 0.397 e. The summed E-state index contributed by atoms with van der Waals surface area (Å²) in [5.74, 6) is -0.916. The van der Waals surface area contributed by atoms with Gasteiger partial charge in [-0.2, -0.15) is 0 Å². The van der Waals surface area contributed by atoms with Gasteiger partial charge in [0.25, 0.3) is 11.5 Å². The highest BCUT2D eigenvalue weighted by Crippen LogP contribution is 2.28. The van der Waals surface area contributed by atoms with Gasteiger partial charge in [0.2, 0.25) is 0 Å². The van der Waals surface area contributed by atoms with Crippen LogP contribution in [0.1, 0.15) is 15.2 Å². The second-order valence-electron chi connectivity index (χ2n) is 6.35. The minimum absolute atomic E-state index is 0.227. The number of rotatable bonds is 3. The number of hydrogen-bond donors (Lipinski definition) is 3. The number of thiophene rings is 1. The van der Waals surface area contributed by atoms with E-state index >= 15 is 0 Å². The van der Waals surface area contributed by atoms with Crippen LogP contribution in [0.5, 0.6) is 0 Å². The van der Waals surface area contributed by atoms with Gasteiger partial charge in [0.1, 0.15) is 10.6 Å². The third-order valence-electron chi connectivity index (χ3n) is 4.49. The molecule has 0 spiro atoms. The first-order valence-corrected chi connectivity index (χ1v) is 9.38. The van der Waals surface area contributed by atoms with Gasteiger partial charge in [-0.25, -0.2) is 13.8 Å². The first-order valence-electron chi connectivity index (χ1n) is 8.57. The number of nitrogens with one attached hydrogen (secondary N) is 2. The minimum atomic E-state index is -0.672. The maximum atomic E-state index is 13.2. The van der Waals surface area contributed by atoms with Crippen LogP contribution in [0.25, 0.3) is 15.9 Å². The SMILES string of the molecule is Cc1c(C(=O)Nc2ccccc2N)sc2[nH]c(=O)n(-c3ccc(F)cc3)c(=O)c12. The Bertz CT molecular complexity index is 1370. The lowest BCUT2D eigenvalue weighted by atomic mass is 10.2. The van der Waals surface area contributed by atoms with Gasteiger partial charge >= 0.3 is 5.69 Å². The third kappa shape index (κ3) is 3.21. The number of carbonyl (C=O) groups excluding carboxylic acids is 1. The number of aryl methyl sites for hydroxylation is 1. The second-order valence-corrected chi connectivity index (χ2v) is 7.37. The quantitative estimate of drug-likeness (QED) is 0.451. The van der Waals surface area contributed by atoms with Gasteiger partial charge in [0.05, 0.1) is 27.3 Å². The first kappa shape index (κ1) is 18.6. The fraction of sp³-hybridized carbons (Fsp3) is 0.0500. The summed E-state index contributed by atoms with van der Waals surface area (Å²) in [4.78, 5) is 41.4. The maximum Gasteiger partial charge on any atom is 0.334 e. The molecule has 0 saturated heterocycles. The molecule has 9 heteroatoms. The second kappa shape index (κ2) is 7.02. The lowest BCUT2D eigenvalue weighted by Gasteiger charge is -2.07. The van der Waals surface area contributed by atoms with Crippen molar-refractivity contribution in [2.24, 2.45) is 0 Å². The summed E-state index contributed by atoms with van der Waals surface area (Å²) in [7, 11) is 0. The Labute approximate surface area is 167 Å². The molecule has 2 aromatic heterocycles. The molecule has 0 unspecified atom stereocenters. The van der Waals surface area contributed by atoms with Crippen molar-refractivity contribution in [2.45, 2.75) is 6.92 Å². The molecule has 7 nitrogen and oxygen atoms in total. The smallest absolute Gasteiger partial charge is 0.334 e. The van der Waals surface area contributed by atoms with E-state index < -0.39 is 23.0 Å². The number of aromatic nitrogens is 2. The van der Waals surface area contributed by atoms with E-state index in [0.29, 0.717) is 21.8 Å². The van der Waals surface area contributed by atoms with Gasteiger partial charge in [-0.3, -0.25) is 14.6 Å². The van der Waals surface area contributed by atoms with Crippen LogP contribution in [-0.4, -0.2) is 15.5 Å². The number of nitrogens with zero attached hydrogens (tertiary/aromatic N) is 1. The molecule has 4 rings (SSSR count). The Kier molecular flexibility index (Phi) is 4.51. The minimum Gasteiger partial charge on any atom is -0.397 e. The third-order valence-corrected chi connectivity index (χ3v) is 5.69. The molecule has 4 aromatic rings. The molecule has 0 aliphatic heterocycles. The normalized spacial score (nSPS) is 11.0. The summed E-state index contributed by atoms with van der Waals surface area (Å²) in [6.45, 7) is 1.64. The van der Waals surface area contributed by atoms with Crippen molar-refractivity contribution in [2.75, 3.05) is 11.1 Å². The number of carbonyl (C=O) groups is 1. The number of fused-ring (bicyclic) bond motifs is 1. The highest BCUT2D eigenvalue weighted by atomic mass is 32.1. The monoisotopic (exact) mass is 410 g/mol. The summed E-state index contributed by atoms with van der Waals surface area (Å²) >= 11 is 1.01. The van der Waals surface area contributed by atoms with E-state index in [0.717, 1.165) is 28.0 Å². The lowest BCUT2D eigenvalue weighted by molar-refractivity contribution is 0.103. The maximum absolute atomic E-state index is 13.2. The van der Waals surface area contributed by atoms with Gasteiger partial charge in [-0.05, 0) is 48.9 Å². The molecule has 0 aliphatic carbocycles. The number of anilines is 2. The Morgan fingerprint density at radius 2 is 1.83 bits per heavy atom. The number of hydrogen-bond acceptors (Lipinski definition) is 5. The van der Waals surface area contributed by atoms with E-state index in [2.05, 4.69) is 10.3 Å². The zero-order valence-corrected chi connectivity index (χ0v) is 16.0. The van der Waals surface area contributed by atoms with Crippen LogP contribution in [0, 0.1) is 12.7 Å². The van der Waals surface area contributed by atoms with Gasteiger partial charge in [0.15, 0.2) is 0 Å². The molecular weight excluding hydrogens is 395 g/mol. The Hall–Kier alpha value is -3.72. The number of nitrogen functional groups attached to an aromatic ring is 1. The number of para-hydroxylation sites is 2. The van der Waals surface area contributed by atoms with Crippen molar-refractivity contribution in [3.63, 3.8) is 0 Å². The molecule has 0 bridgehead atoms. The zero-order valence-electron chi connectivity index (χ0n) is 15.2. The zero-order chi connectivity index (χ0) is 20.7. The van der Waals surface area contributed by atoms with E-state index in [4.69, 9.17) is 5.73 Å². The molecule has 2 aromatic carbocycles. The molecule has 0 aliphatic rings. The summed E-state index contributed by atoms with van der Waals surface area (Å²) in [5.41, 5.74) is 6.14. The van der Waals surface area contributed by atoms with Crippen molar-refractivity contribution in [1.82, 2.24) is 9.55 Å². The average molecular weight is 410 g/mol. The van der Waals surface area contributed by atoms with Crippen molar-refractivity contribution < 1.29 is 9.18 Å². The molecule has 4 N–H and O–H groups in total. The molecule has 29 heavy (non-hydrogen) atoms. The first-order chi connectivity index (χ1) is 13.9. The number of nitrogens with two attached hydrogens (primary N) is 1. The Balaban J connectivity index is 1.84. The average Bonchev–Trinajstić information content (AvgIpc) is 3.01. The van der Waals surface area contributed by atoms with Crippen LogP contribution in [-0.2, 0) is 0 Å². The van der Waals surface area contributed by atoms with Crippen molar-refractivity contribution in [3.8, 4) is 5.69 Å². The van der Waals surface area contributed by atoms with E-state index in [-0.39, 0.29) is 16.0 Å². The number of aromatic amines is 1. The lowest BCUT2D eigenvalue weighted by Crippen LogP contribution is -2.33. The van der Waals surface area contributed by atoms with Crippen LogP contribution < -0.4 is 22.3 Å². The fourth-order valence-electron chi connectivity index (χ4n) is 3.05. The molecular formula is C20H15FN4O3S. The van der Waals surface area contributed by atoms with Crippen LogP contribution >= 0.6 is 11.3 Å². The number of benzene rings is 2. The molecule has 146 valence electrons. The van der Waals surface area contributed by atoms with Crippen LogP contribution in [0.4, 0.5) is 15.8 Å². The topological polar surface area (TPSA) is 110 Å². The summed E-state index contributed by atoms with van der Waals surface area (Å²) in [6, 6.07) is 11.8. The highest BCUT2D eigenvalue weighted by Gasteiger charge is 2.21. The van der Waals surface area contributed by atoms with E-state index in [1.807, 2.05) is 0 Å². The van der Waals surface area contributed by atoms with Crippen molar-refractivity contribution in [1.29, 1.82) is 0 Å². The standard InChI is InChI=1S/C20H15FN4O3S/c1-10-15-18(29-16(10)17(26)23-14-5-3-2-4-13(14)22)24-20(28)25(19(15)27)12-8-6-11(21)7-9-12/h2-9H,22H2,1H3,(H,23,26)(H,24,28). The predicted molar refractivity (Wildman–Crippen MR) is 112 cm³/mol. The summed E-state index contributed by atoms with van der Waals surface area (Å²) < 4.78 is 14.1. The van der Waals surface area contributed by atoms with Gasteiger partial charge in [-0.1, -0.05) is 12.1 Å². The van der Waals surface area contributed by atoms with Crippen LogP contribution in [0.2, 0.25) is 0 Å². The van der Waals surface area contributed by atoms with Crippen LogP contribution in [0.15, 0.2) is 58.1 Å². The molecule has 0 atom stereocenters. The van der Waals surface area contributed by atoms with E-state index in [1.54, 1.807) is 31.2 Å². The molecule has 1 amide bonds. The number of amides is 1. The summed E-state index contributed by atoms with van der Waals surface area (Å²) in [6.07, 6.45) is 0. The molecule has 0 saturated carbocycles.